The second-order valence-electron chi connectivity index (χ2n) is 6.31. The number of likely N-dealkylation sites (tertiary alicyclic amines) is 1. The van der Waals surface area contributed by atoms with Crippen molar-refractivity contribution in [2.24, 2.45) is 0 Å². The van der Waals surface area contributed by atoms with Gasteiger partial charge in [-0.25, -0.2) is 4.79 Å². The summed E-state index contributed by atoms with van der Waals surface area (Å²) in [5, 5.41) is 6.15. The van der Waals surface area contributed by atoms with Crippen molar-refractivity contribution in [2.75, 3.05) is 33.0 Å². The molecule has 0 atom stereocenters. The zero-order valence-corrected chi connectivity index (χ0v) is 15.0. The Morgan fingerprint density at radius 1 is 1.23 bits per heavy atom. The van der Waals surface area contributed by atoms with Crippen LogP contribution in [0.1, 0.15) is 25.3 Å². The highest BCUT2D eigenvalue weighted by Gasteiger charge is 2.23. The highest BCUT2D eigenvalue weighted by Crippen LogP contribution is 2.32. The molecule has 0 unspecified atom stereocenters. The highest BCUT2D eigenvalue weighted by molar-refractivity contribution is 5.78. The van der Waals surface area contributed by atoms with Crippen LogP contribution < -0.4 is 20.1 Å². The Hall–Kier alpha value is -2.48. The van der Waals surface area contributed by atoms with Gasteiger partial charge in [0.05, 0.1) is 13.2 Å². The van der Waals surface area contributed by atoms with Crippen LogP contribution in [0.5, 0.6) is 11.5 Å². The molecule has 1 saturated heterocycles. The van der Waals surface area contributed by atoms with Crippen LogP contribution in [0, 0.1) is 0 Å². The minimum absolute atomic E-state index is 0.0597. The second kappa shape index (κ2) is 8.75. The molecule has 0 bridgehead atoms. The molecule has 142 valence electrons. The summed E-state index contributed by atoms with van der Waals surface area (Å²) in [6.07, 6.45) is 1.37. The molecule has 2 aliphatic rings. The van der Waals surface area contributed by atoms with Gasteiger partial charge in [-0.05, 0) is 37.5 Å². The third kappa shape index (κ3) is 4.78. The highest BCUT2D eigenvalue weighted by atomic mass is 16.7. The zero-order chi connectivity index (χ0) is 18.4. The van der Waals surface area contributed by atoms with Crippen molar-refractivity contribution < 1.29 is 23.8 Å². The van der Waals surface area contributed by atoms with Crippen LogP contribution in [0.2, 0.25) is 0 Å². The smallest absolute Gasteiger partial charge is 0.409 e. The molecule has 2 heterocycles. The predicted molar refractivity (Wildman–Crippen MR) is 94.0 cm³/mol. The second-order valence-corrected chi connectivity index (χ2v) is 6.31. The van der Waals surface area contributed by atoms with Gasteiger partial charge in [-0.3, -0.25) is 4.79 Å². The van der Waals surface area contributed by atoms with Gasteiger partial charge in [0.2, 0.25) is 12.7 Å². The first-order chi connectivity index (χ1) is 12.7. The number of rotatable bonds is 6. The molecule has 0 saturated carbocycles. The van der Waals surface area contributed by atoms with Crippen LogP contribution in [-0.2, 0) is 16.1 Å². The van der Waals surface area contributed by atoms with E-state index in [9.17, 15) is 9.59 Å². The van der Waals surface area contributed by atoms with Crippen molar-refractivity contribution in [3.05, 3.63) is 23.8 Å². The van der Waals surface area contributed by atoms with Gasteiger partial charge in [0.15, 0.2) is 11.5 Å². The molecule has 0 spiro atoms. The van der Waals surface area contributed by atoms with Crippen LogP contribution in [0.25, 0.3) is 0 Å². The van der Waals surface area contributed by atoms with Crippen molar-refractivity contribution in [2.45, 2.75) is 32.4 Å². The number of amides is 2. The third-order valence-electron chi connectivity index (χ3n) is 4.50. The van der Waals surface area contributed by atoms with E-state index in [1.165, 1.54) is 0 Å². The number of fused-ring (bicyclic) bond motifs is 1. The number of nitrogens with one attached hydrogen (secondary N) is 2. The molecule has 26 heavy (non-hydrogen) atoms. The predicted octanol–water partition coefficient (Wildman–Crippen LogP) is 1.24. The molecular weight excluding hydrogens is 338 g/mol. The fourth-order valence-electron chi connectivity index (χ4n) is 3.03. The SMILES string of the molecule is CCOC(=O)N1CCC(NCC(=O)NCc2ccc3c(c2)OCO3)CC1. The van der Waals surface area contributed by atoms with E-state index in [1.54, 1.807) is 11.8 Å². The number of piperidine rings is 1. The van der Waals surface area contributed by atoms with Crippen LogP contribution in [0.15, 0.2) is 18.2 Å². The van der Waals surface area contributed by atoms with E-state index < -0.39 is 0 Å². The molecular formula is C18H25N3O5. The Labute approximate surface area is 152 Å². The van der Waals surface area contributed by atoms with E-state index in [-0.39, 0.29) is 31.4 Å². The fourth-order valence-corrected chi connectivity index (χ4v) is 3.03. The number of benzene rings is 1. The van der Waals surface area contributed by atoms with Gasteiger partial charge >= 0.3 is 6.09 Å². The fraction of sp³-hybridized carbons (Fsp3) is 0.556. The van der Waals surface area contributed by atoms with Gasteiger partial charge in [0, 0.05) is 25.7 Å². The van der Waals surface area contributed by atoms with Gasteiger partial charge < -0.3 is 29.7 Å². The van der Waals surface area contributed by atoms with E-state index in [1.807, 2.05) is 18.2 Å². The molecule has 2 aliphatic heterocycles. The molecule has 8 nitrogen and oxygen atoms in total. The van der Waals surface area contributed by atoms with Gasteiger partial charge in [-0.2, -0.15) is 0 Å². The summed E-state index contributed by atoms with van der Waals surface area (Å²) in [4.78, 5) is 25.4. The Morgan fingerprint density at radius 2 is 2.00 bits per heavy atom. The summed E-state index contributed by atoms with van der Waals surface area (Å²) >= 11 is 0. The largest absolute Gasteiger partial charge is 0.454 e. The van der Waals surface area contributed by atoms with Gasteiger partial charge in [0.25, 0.3) is 0 Å². The third-order valence-corrected chi connectivity index (χ3v) is 4.50. The van der Waals surface area contributed by atoms with Crippen molar-refractivity contribution in [1.29, 1.82) is 0 Å². The molecule has 2 N–H and O–H groups in total. The summed E-state index contributed by atoms with van der Waals surface area (Å²) in [5.74, 6) is 1.38. The molecule has 0 aromatic heterocycles. The van der Waals surface area contributed by atoms with Crippen LogP contribution in [-0.4, -0.2) is 56.0 Å². The quantitative estimate of drug-likeness (QED) is 0.791. The lowest BCUT2D eigenvalue weighted by Crippen LogP contribution is -2.47. The van der Waals surface area contributed by atoms with Crippen LogP contribution >= 0.6 is 0 Å². The van der Waals surface area contributed by atoms with E-state index >= 15 is 0 Å². The average molecular weight is 363 g/mol. The Kier molecular flexibility index (Phi) is 6.17. The Bertz CT molecular complexity index is 644. The number of carbonyl (C=O) groups is 2. The van der Waals surface area contributed by atoms with Crippen LogP contribution in [0.4, 0.5) is 4.79 Å². The maximum Gasteiger partial charge on any atom is 0.409 e. The lowest BCUT2D eigenvalue weighted by molar-refractivity contribution is -0.120. The molecule has 1 aromatic carbocycles. The standard InChI is InChI=1S/C18H25N3O5/c1-2-24-18(23)21-7-5-14(6-8-21)19-11-17(22)20-10-13-3-4-15-16(9-13)26-12-25-15/h3-4,9,14,19H,2,5-8,10-12H2,1H3,(H,20,22). The number of nitrogens with zero attached hydrogens (tertiary/aromatic N) is 1. The summed E-state index contributed by atoms with van der Waals surface area (Å²) in [6.45, 7) is 4.43. The topological polar surface area (TPSA) is 89.1 Å². The molecule has 0 aliphatic carbocycles. The molecule has 1 aromatic rings. The summed E-state index contributed by atoms with van der Waals surface area (Å²) in [5.41, 5.74) is 0.963. The number of hydrogen-bond donors (Lipinski definition) is 2. The van der Waals surface area contributed by atoms with E-state index in [0.717, 1.165) is 24.2 Å². The molecule has 3 rings (SSSR count). The normalized spacial score (nSPS) is 16.4. The van der Waals surface area contributed by atoms with Crippen molar-refractivity contribution >= 4 is 12.0 Å². The van der Waals surface area contributed by atoms with E-state index in [0.29, 0.717) is 32.0 Å². The lowest BCUT2D eigenvalue weighted by atomic mass is 10.1. The number of hydrogen-bond acceptors (Lipinski definition) is 6. The minimum Gasteiger partial charge on any atom is -0.454 e. The Balaban J connectivity index is 1.34. The first-order valence-electron chi connectivity index (χ1n) is 8.96. The number of carbonyl (C=O) groups excluding carboxylic acids is 2. The average Bonchev–Trinajstić information content (AvgIpc) is 3.13. The Morgan fingerprint density at radius 3 is 2.77 bits per heavy atom. The first-order valence-corrected chi connectivity index (χ1v) is 8.96. The van der Waals surface area contributed by atoms with Gasteiger partial charge in [-0.1, -0.05) is 6.07 Å². The van der Waals surface area contributed by atoms with Gasteiger partial charge in [-0.15, -0.1) is 0 Å². The van der Waals surface area contributed by atoms with Crippen molar-refractivity contribution in [3.63, 3.8) is 0 Å². The monoisotopic (exact) mass is 363 g/mol. The molecule has 8 heteroatoms. The molecule has 1 fully saturated rings. The molecule has 0 radical (unpaired) electrons. The number of ether oxygens (including phenoxy) is 3. The minimum atomic E-state index is -0.257. The summed E-state index contributed by atoms with van der Waals surface area (Å²) in [6, 6.07) is 5.87. The first kappa shape index (κ1) is 18.3. The van der Waals surface area contributed by atoms with Crippen LogP contribution in [0.3, 0.4) is 0 Å². The summed E-state index contributed by atoms with van der Waals surface area (Å²) in [7, 11) is 0. The van der Waals surface area contributed by atoms with E-state index in [2.05, 4.69) is 10.6 Å². The van der Waals surface area contributed by atoms with E-state index in [4.69, 9.17) is 14.2 Å². The zero-order valence-electron chi connectivity index (χ0n) is 15.0. The van der Waals surface area contributed by atoms with Gasteiger partial charge in [0.1, 0.15) is 0 Å². The lowest BCUT2D eigenvalue weighted by Gasteiger charge is -2.31. The van der Waals surface area contributed by atoms with Crippen molar-refractivity contribution in [3.8, 4) is 11.5 Å². The maximum absolute atomic E-state index is 12.0. The summed E-state index contributed by atoms with van der Waals surface area (Å²) < 4.78 is 15.6. The maximum atomic E-state index is 12.0. The molecule has 2 amide bonds. The van der Waals surface area contributed by atoms with Crippen molar-refractivity contribution in [1.82, 2.24) is 15.5 Å².